The summed E-state index contributed by atoms with van der Waals surface area (Å²) in [5.74, 6) is 0. The van der Waals surface area contributed by atoms with Crippen LogP contribution in [0.1, 0.15) is 35.2 Å². The summed E-state index contributed by atoms with van der Waals surface area (Å²) in [4.78, 5) is 10.7. The molecule has 100 valence electrons. The molecule has 0 spiro atoms. The first kappa shape index (κ1) is 15.4. The minimum absolute atomic E-state index is 0.403. The van der Waals surface area contributed by atoms with E-state index in [-0.39, 0.29) is 0 Å². The van der Waals surface area contributed by atoms with Crippen LogP contribution in [-0.4, -0.2) is 24.8 Å². The average molecular weight is 291 g/mol. The monoisotopic (exact) mass is 290 g/mol. The fraction of sp³-hybridized carbons (Fsp3) is 0.462. The lowest BCUT2D eigenvalue weighted by Crippen LogP contribution is -2.08. The second-order valence-corrected chi connectivity index (χ2v) is 4.83. The first-order valence-electron chi connectivity index (χ1n) is 5.72. The molecule has 0 aromatic heterocycles. The van der Waals surface area contributed by atoms with E-state index >= 15 is 0 Å². The van der Waals surface area contributed by atoms with Crippen LogP contribution in [0.15, 0.2) is 12.1 Å². The van der Waals surface area contributed by atoms with Gasteiger partial charge in [0.15, 0.2) is 12.6 Å². The number of aryl methyl sites for hydroxylation is 1. The van der Waals surface area contributed by atoms with Crippen LogP contribution in [0.2, 0.25) is 10.0 Å². The van der Waals surface area contributed by atoms with Crippen molar-refractivity contribution in [1.29, 1.82) is 0 Å². The molecule has 3 nitrogen and oxygen atoms in total. The van der Waals surface area contributed by atoms with Crippen LogP contribution in [0.25, 0.3) is 0 Å². The van der Waals surface area contributed by atoms with E-state index in [2.05, 4.69) is 0 Å². The Balaban J connectivity index is 2.52. The van der Waals surface area contributed by atoms with Gasteiger partial charge in [-0.05, 0) is 43.4 Å². The molecule has 1 unspecified atom stereocenters. The highest BCUT2D eigenvalue weighted by atomic mass is 35.5. The Kier molecular flexibility index (Phi) is 6.65. The first-order valence-corrected chi connectivity index (χ1v) is 6.48. The van der Waals surface area contributed by atoms with E-state index in [1.165, 1.54) is 7.11 Å². The fourth-order valence-corrected chi connectivity index (χ4v) is 2.13. The summed E-state index contributed by atoms with van der Waals surface area (Å²) in [5.41, 5.74) is 1.32. The van der Waals surface area contributed by atoms with Crippen molar-refractivity contribution in [3.63, 3.8) is 0 Å². The Labute approximate surface area is 117 Å². The zero-order valence-corrected chi connectivity index (χ0v) is 11.7. The number of ether oxygens (including phenoxy) is 1. The van der Waals surface area contributed by atoms with Crippen LogP contribution < -0.4 is 0 Å². The van der Waals surface area contributed by atoms with Crippen molar-refractivity contribution in [2.75, 3.05) is 7.11 Å². The van der Waals surface area contributed by atoms with Gasteiger partial charge in [-0.3, -0.25) is 4.79 Å². The minimum Gasteiger partial charge on any atom is -0.368 e. The number of benzene rings is 1. The number of aliphatic hydroxyl groups is 1. The third kappa shape index (κ3) is 4.58. The van der Waals surface area contributed by atoms with Crippen molar-refractivity contribution in [2.24, 2.45) is 0 Å². The lowest BCUT2D eigenvalue weighted by molar-refractivity contribution is -0.0792. The minimum atomic E-state index is -0.707. The van der Waals surface area contributed by atoms with Crippen molar-refractivity contribution in [1.82, 2.24) is 0 Å². The predicted molar refractivity (Wildman–Crippen MR) is 72.4 cm³/mol. The summed E-state index contributed by atoms with van der Waals surface area (Å²) in [6.07, 6.45) is 3.03. The van der Waals surface area contributed by atoms with Crippen LogP contribution in [0.4, 0.5) is 0 Å². The number of aldehydes is 1. The largest absolute Gasteiger partial charge is 0.368 e. The molecule has 0 radical (unpaired) electrons. The lowest BCUT2D eigenvalue weighted by Gasteiger charge is -2.09. The van der Waals surface area contributed by atoms with Crippen molar-refractivity contribution >= 4 is 29.5 Å². The number of unbranched alkanes of at least 4 members (excludes halogenated alkanes) is 1. The van der Waals surface area contributed by atoms with Gasteiger partial charge in [0.2, 0.25) is 0 Å². The summed E-state index contributed by atoms with van der Waals surface area (Å²) in [6.45, 7) is 0. The Hall–Kier alpha value is -0.610. The number of methoxy groups -OCH3 is 1. The number of rotatable bonds is 7. The van der Waals surface area contributed by atoms with Gasteiger partial charge in [-0.2, -0.15) is 0 Å². The van der Waals surface area contributed by atoms with E-state index in [9.17, 15) is 9.90 Å². The van der Waals surface area contributed by atoms with Crippen molar-refractivity contribution in [3.8, 4) is 0 Å². The van der Waals surface area contributed by atoms with Gasteiger partial charge in [0.05, 0.1) is 5.02 Å². The topological polar surface area (TPSA) is 46.5 Å². The van der Waals surface area contributed by atoms with Gasteiger partial charge in [0.25, 0.3) is 0 Å². The van der Waals surface area contributed by atoms with E-state index in [4.69, 9.17) is 27.9 Å². The molecule has 0 saturated carbocycles. The van der Waals surface area contributed by atoms with E-state index in [1.807, 2.05) is 0 Å². The lowest BCUT2D eigenvalue weighted by atomic mass is 10.1. The maximum absolute atomic E-state index is 10.7. The van der Waals surface area contributed by atoms with Crippen molar-refractivity contribution in [2.45, 2.75) is 32.0 Å². The Morgan fingerprint density at radius 2 is 2.06 bits per heavy atom. The van der Waals surface area contributed by atoms with Crippen molar-refractivity contribution < 1.29 is 14.6 Å². The molecule has 0 aliphatic carbocycles. The van der Waals surface area contributed by atoms with Crippen LogP contribution in [-0.2, 0) is 11.2 Å². The summed E-state index contributed by atoms with van der Waals surface area (Å²) in [7, 11) is 1.47. The van der Waals surface area contributed by atoms with Crippen LogP contribution in [0.3, 0.4) is 0 Å². The molecule has 1 rings (SSSR count). The second kappa shape index (κ2) is 7.74. The molecule has 0 amide bonds. The number of hydrogen-bond donors (Lipinski definition) is 1. The number of hydrogen-bond acceptors (Lipinski definition) is 3. The van der Waals surface area contributed by atoms with E-state index < -0.39 is 6.29 Å². The Bertz CT molecular complexity index is 407. The van der Waals surface area contributed by atoms with Crippen LogP contribution in [0.5, 0.6) is 0 Å². The molecule has 0 heterocycles. The number of carbonyl (C=O) groups excluding carboxylic acids is 1. The van der Waals surface area contributed by atoms with Gasteiger partial charge in [-0.25, -0.2) is 0 Å². The first-order chi connectivity index (χ1) is 8.58. The number of aliphatic hydroxyl groups excluding tert-OH is 1. The molecule has 1 atom stereocenters. The molecule has 5 heteroatoms. The smallest absolute Gasteiger partial charge is 0.154 e. The highest BCUT2D eigenvalue weighted by Crippen LogP contribution is 2.25. The zero-order chi connectivity index (χ0) is 13.5. The predicted octanol–water partition coefficient (Wildman–Crippen LogP) is 3.48. The second-order valence-electron chi connectivity index (χ2n) is 4.02. The maximum atomic E-state index is 10.7. The summed E-state index contributed by atoms with van der Waals surface area (Å²) >= 11 is 12.0. The molecule has 1 aromatic carbocycles. The normalized spacial score (nSPS) is 12.4. The van der Waals surface area contributed by atoms with E-state index in [1.54, 1.807) is 12.1 Å². The quantitative estimate of drug-likeness (QED) is 0.475. The SMILES string of the molecule is COC(O)CCCCc1cc(Cl)c(C=O)cc1Cl. The van der Waals surface area contributed by atoms with Crippen LogP contribution in [0, 0.1) is 0 Å². The average Bonchev–Trinajstić information content (AvgIpc) is 2.37. The van der Waals surface area contributed by atoms with E-state index in [0.29, 0.717) is 28.3 Å². The Morgan fingerprint density at radius 1 is 1.33 bits per heavy atom. The summed E-state index contributed by atoms with van der Waals surface area (Å²) in [5, 5.41) is 10.2. The third-order valence-corrected chi connectivity index (χ3v) is 3.39. The molecule has 0 bridgehead atoms. The molecule has 1 N–H and O–H groups in total. The molecule has 0 saturated heterocycles. The highest BCUT2D eigenvalue weighted by Gasteiger charge is 2.07. The van der Waals surface area contributed by atoms with Gasteiger partial charge < -0.3 is 9.84 Å². The molecule has 0 aliphatic rings. The third-order valence-electron chi connectivity index (χ3n) is 2.71. The van der Waals surface area contributed by atoms with Crippen molar-refractivity contribution in [3.05, 3.63) is 33.3 Å². The molecule has 0 fully saturated rings. The fourth-order valence-electron chi connectivity index (χ4n) is 1.64. The van der Waals surface area contributed by atoms with Gasteiger partial charge in [-0.15, -0.1) is 0 Å². The zero-order valence-electron chi connectivity index (χ0n) is 10.2. The molecule has 18 heavy (non-hydrogen) atoms. The standard InChI is InChI=1S/C13H16Cl2O3/c1-18-13(17)5-3-2-4-9-6-12(15)10(8-16)7-11(9)14/h6-8,13,17H,2-5H2,1H3. The molecular formula is C13H16Cl2O3. The highest BCUT2D eigenvalue weighted by molar-refractivity contribution is 6.35. The summed E-state index contributed by atoms with van der Waals surface area (Å²) in [6, 6.07) is 3.30. The van der Waals surface area contributed by atoms with E-state index in [0.717, 1.165) is 24.8 Å². The number of carbonyl (C=O) groups is 1. The Morgan fingerprint density at radius 3 is 2.67 bits per heavy atom. The molecule has 0 aliphatic heterocycles. The van der Waals surface area contributed by atoms with Gasteiger partial charge in [0.1, 0.15) is 0 Å². The molecule has 1 aromatic rings. The maximum Gasteiger partial charge on any atom is 0.154 e. The summed E-state index contributed by atoms with van der Waals surface area (Å²) < 4.78 is 4.75. The molecular weight excluding hydrogens is 275 g/mol. The van der Waals surface area contributed by atoms with Gasteiger partial charge >= 0.3 is 0 Å². The van der Waals surface area contributed by atoms with Gasteiger partial charge in [-0.1, -0.05) is 23.2 Å². The van der Waals surface area contributed by atoms with Gasteiger partial charge in [0, 0.05) is 17.7 Å². The number of halogens is 2. The van der Waals surface area contributed by atoms with Crippen LogP contribution >= 0.6 is 23.2 Å².